The molecule has 0 saturated heterocycles. The number of alkyl carbamates (subject to hydrolysis) is 1. The lowest BCUT2D eigenvalue weighted by molar-refractivity contribution is -0.117. The molecule has 0 saturated carbocycles. The van der Waals surface area contributed by atoms with Gasteiger partial charge in [0.1, 0.15) is 5.60 Å². The fourth-order valence-electron chi connectivity index (χ4n) is 3.00. The second kappa shape index (κ2) is 8.73. The zero-order valence-electron chi connectivity index (χ0n) is 16.8. The first-order valence-corrected chi connectivity index (χ1v) is 9.49. The number of pyridine rings is 1. The Kier molecular flexibility index (Phi) is 6.12. The van der Waals surface area contributed by atoms with Crippen LogP contribution < -0.4 is 10.6 Å². The fourth-order valence-corrected chi connectivity index (χ4v) is 3.00. The number of amides is 2. The van der Waals surface area contributed by atoms with E-state index in [9.17, 15) is 9.59 Å². The summed E-state index contributed by atoms with van der Waals surface area (Å²) in [6.07, 6.45) is 2.89. The summed E-state index contributed by atoms with van der Waals surface area (Å²) in [5, 5.41) is 7.55. The largest absolute Gasteiger partial charge is 0.444 e. The maximum atomic E-state index is 13.1. The van der Waals surface area contributed by atoms with Crippen molar-refractivity contribution >= 4 is 28.5 Å². The predicted molar refractivity (Wildman–Crippen MR) is 114 cm³/mol. The third-order valence-electron chi connectivity index (χ3n) is 4.31. The van der Waals surface area contributed by atoms with Crippen molar-refractivity contribution in [3.63, 3.8) is 0 Å². The summed E-state index contributed by atoms with van der Waals surface area (Å²) >= 11 is 0. The second-order valence-electron chi connectivity index (χ2n) is 7.74. The number of aromatic nitrogens is 1. The van der Waals surface area contributed by atoms with Gasteiger partial charge in [0.15, 0.2) is 0 Å². The minimum atomic E-state index is -0.606. The van der Waals surface area contributed by atoms with E-state index in [0.717, 1.165) is 16.3 Å². The molecule has 1 heterocycles. The van der Waals surface area contributed by atoms with Gasteiger partial charge in [-0.2, -0.15) is 0 Å². The SMILES string of the molecule is CC(C)(C)OC(=O)NCC(C(=O)Nc1cccc2cnccc12)c1ccccc1. The molecule has 3 aromatic rings. The van der Waals surface area contributed by atoms with Gasteiger partial charge in [0.2, 0.25) is 5.91 Å². The molecule has 0 aliphatic rings. The molecule has 6 nitrogen and oxygen atoms in total. The number of hydrogen-bond donors (Lipinski definition) is 2. The number of nitrogens with zero attached hydrogens (tertiary/aromatic N) is 1. The third-order valence-corrected chi connectivity index (χ3v) is 4.31. The number of benzene rings is 2. The molecular formula is C23H25N3O3. The van der Waals surface area contributed by atoms with Gasteiger partial charge in [-0.1, -0.05) is 42.5 Å². The van der Waals surface area contributed by atoms with Crippen molar-refractivity contribution in [3.05, 3.63) is 72.6 Å². The summed E-state index contributed by atoms with van der Waals surface area (Å²) < 4.78 is 5.29. The third kappa shape index (κ3) is 5.54. The van der Waals surface area contributed by atoms with Crippen LogP contribution in [-0.2, 0) is 9.53 Å². The van der Waals surface area contributed by atoms with Crippen LogP contribution in [0.3, 0.4) is 0 Å². The molecule has 29 heavy (non-hydrogen) atoms. The Morgan fingerprint density at radius 1 is 1.03 bits per heavy atom. The van der Waals surface area contributed by atoms with Crippen molar-refractivity contribution in [2.45, 2.75) is 32.3 Å². The van der Waals surface area contributed by atoms with Crippen molar-refractivity contribution in [1.82, 2.24) is 10.3 Å². The monoisotopic (exact) mass is 391 g/mol. The van der Waals surface area contributed by atoms with Crippen LogP contribution >= 0.6 is 0 Å². The summed E-state index contributed by atoms with van der Waals surface area (Å²) in [7, 11) is 0. The van der Waals surface area contributed by atoms with E-state index in [1.165, 1.54) is 0 Å². The first-order valence-electron chi connectivity index (χ1n) is 9.49. The molecule has 0 radical (unpaired) electrons. The Morgan fingerprint density at radius 3 is 2.52 bits per heavy atom. The smallest absolute Gasteiger partial charge is 0.407 e. The number of anilines is 1. The van der Waals surface area contributed by atoms with Crippen molar-refractivity contribution in [2.75, 3.05) is 11.9 Å². The van der Waals surface area contributed by atoms with Gasteiger partial charge in [-0.05, 0) is 38.5 Å². The number of hydrogen-bond acceptors (Lipinski definition) is 4. The zero-order chi connectivity index (χ0) is 20.9. The molecule has 1 aromatic heterocycles. The van der Waals surface area contributed by atoms with Gasteiger partial charge >= 0.3 is 6.09 Å². The van der Waals surface area contributed by atoms with Gasteiger partial charge in [-0.3, -0.25) is 9.78 Å². The van der Waals surface area contributed by atoms with E-state index in [1.54, 1.807) is 33.2 Å². The van der Waals surface area contributed by atoms with Gasteiger partial charge < -0.3 is 15.4 Å². The number of carbonyl (C=O) groups excluding carboxylic acids is 2. The number of carbonyl (C=O) groups is 2. The number of ether oxygens (including phenoxy) is 1. The predicted octanol–water partition coefficient (Wildman–Crippen LogP) is 4.48. The Balaban J connectivity index is 1.80. The molecule has 1 unspecified atom stereocenters. The van der Waals surface area contributed by atoms with Crippen LogP contribution in [0.25, 0.3) is 10.8 Å². The molecular weight excluding hydrogens is 366 g/mol. The molecule has 2 aromatic carbocycles. The first kappa shape index (κ1) is 20.3. The van der Waals surface area contributed by atoms with Gasteiger partial charge in [0.25, 0.3) is 0 Å². The molecule has 0 aliphatic carbocycles. The lowest BCUT2D eigenvalue weighted by Gasteiger charge is -2.22. The minimum absolute atomic E-state index is 0.122. The maximum Gasteiger partial charge on any atom is 0.407 e. The Labute approximate surface area is 170 Å². The van der Waals surface area contributed by atoms with E-state index in [0.29, 0.717) is 5.69 Å². The van der Waals surface area contributed by atoms with Crippen molar-refractivity contribution in [3.8, 4) is 0 Å². The summed E-state index contributed by atoms with van der Waals surface area (Å²) in [6, 6.07) is 16.9. The van der Waals surface area contributed by atoms with Gasteiger partial charge in [-0.25, -0.2) is 4.79 Å². The summed E-state index contributed by atoms with van der Waals surface area (Å²) in [6.45, 7) is 5.51. The first-order chi connectivity index (χ1) is 13.8. The normalized spacial score (nSPS) is 12.2. The molecule has 0 aliphatic heterocycles. The van der Waals surface area contributed by atoms with Gasteiger partial charge in [0.05, 0.1) is 5.92 Å². The van der Waals surface area contributed by atoms with Crippen molar-refractivity contribution in [2.24, 2.45) is 0 Å². The highest BCUT2D eigenvalue weighted by Crippen LogP contribution is 2.24. The van der Waals surface area contributed by atoms with Crippen molar-refractivity contribution in [1.29, 1.82) is 0 Å². The molecule has 150 valence electrons. The van der Waals surface area contributed by atoms with E-state index in [-0.39, 0.29) is 12.5 Å². The number of fused-ring (bicyclic) bond motifs is 1. The lowest BCUT2D eigenvalue weighted by Crippen LogP contribution is -2.37. The van der Waals surface area contributed by atoms with Crippen LogP contribution in [0.4, 0.5) is 10.5 Å². The highest BCUT2D eigenvalue weighted by molar-refractivity contribution is 6.04. The average molecular weight is 391 g/mol. The average Bonchev–Trinajstić information content (AvgIpc) is 2.68. The van der Waals surface area contributed by atoms with Gasteiger partial charge in [0, 0.05) is 35.4 Å². The molecule has 3 rings (SSSR count). The summed E-state index contributed by atoms with van der Waals surface area (Å²) in [4.78, 5) is 29.3. The molecule has 2 N–H and O–H groups in total. The molecule has 0 bridgehead atoms. The highest BCUT2D eigenvalue weighted by Gasteiger charge is 2.24. The van der Waals surface area contributed by atoms with Gasteiger partial charge in [-0.15, -0.1) is 0 Å². The standard InChI is InChI=1S/C23H25N3O3/c1-23(2,3)29-22(28)25-15-19(16-8-5-4-6-9-16)21(27)26-20-11-7-10-17-14-24-13-12-18(17)20/h4-14,19H,15H2,1-3H3,(H,25,28)(H,26,27). The maximum absolute atomic E-state index is 13.1. The van der Waals surface area contributed by atoms with Crippen LogP contribution in [0.15, 0.2) is 67.0 Å². The summed E-state index contributed by atoms with van der Waals surface area (Å²) in [5.41, 5.74) is 0.905. The van der Waals surface area contributed by atoms with Crippen LogP contribution in [0.1, 0.15) is 32.3 Å². The lowest BCUT2D eigenvalue weighted by atomic mass is 9.97. The topological polar surface area (TPSA) is 80.3 Å². The van der Waals surface area contributed by atoms with Crippen LogP contribution in [0.5, 0.6) is 0 Å². The molecule has 0 spiro atoms. The minimum Gasteiger partial charge on any atom is -0.444 e. The number of rotatable bonds is 5. The Bertz CT molecular complexity index is 992. The van der Waals surface area contributed by atoms with Crippen LogP contribution in [-0.4, -0.2) is 29.1 Å². The Hall–Kier alpha value is -3.41. The van der Waals surface area contributed by atoms with E-state index in [2.05, 4.69) is 15.6 Å². The highest BCUT2D eigenvalue weighted by atomic mass is 16.6. The molecule has 2 amide bonds. The van der Waals surface area contributed by atoms with E-state index in [4.69, 9.17) is 4.74 Å². The molecule has 0 fully saturated rings. The fraction of sp³-hybridized carbons (Fsp3) is 0.261. The zero-order valence-corrected chi connectivity index (χ0v) is 16.8. The quantitative estimate of drug-likeness (QED) is 0.672. The van der Waals surface area contributed by atoms with E-state index >= 15 is 0 Å². The van der Waals surface area contributed by atoms with Crippen molar-refractivity contribution < 1.29 is 14.3 Å². The van der Waals surface area contributed by atoms with Crippen LogP contribution in [0, 0.1) is 0 Å². The molecule has 1 atom stereocenters. The Morgan fingerprint density at radius 2 is 1.79 bits per heavy atom. The second-order valence-corrected chi connectivity index (χ2v) is 7.74. The van der Waals surface area contributed by atoms with Crippen LogP contribution in [0.2, 0.25) is 0 Å². The van der Waals surface area contributed by atoms with E-state index in [1.807, 2.05) is 54.6 Å². The number of nitrogens with one attached hydrogen (secondary N) is 2. The van der Waals surface area contributed by atoms with E-state index < -0.39 is 17.6 Å². The summed E-state index contributed by atoms with van der Waals surface area (Å²) in [5.74, 6) is -0.780. The molecule has 6 heteroatoms.